The molecule has 0 aromatic heterocycles. The first-order chi connectivity index (χ1) is 18.5. The highest BCUT2D eigenvalue weighted by Gasteiger charge is 2.72. The quantitative estimate of drug-likeness (QED) is 0.211. The minimum atomic E-state index is -0.602. The van der Waals surface area contributed by atoms with Crippen molar-refractivity contribution >= 4 is 5.97 Å². The van der Waals surface area contributed by atoms with E-state index in [4.69, 9.17) is 14.5 Å². The predicted octanol–water partition coefficient (Wildman–Crippen LogP) is 8.26. The lowest BCUT2D eigenvalue weighted by Crippen LogP contribution is -2.69. The van der Waals surface area contributed by atoms with E-state index >= 15 is 0 Å². The molecule has 0 radical (unpaired) electrons. The van der Waals surface area contributed by atoms with Gasteiger partial charge in [0, 0.05) is 17.8 Å². The summed E-state index contributed by atoms with van der Waals surface area (Å²) in [6.07, 6.45) is 17.7. The molecule has 2 spiro atoms. The first-order valence-electron chi connectivity index (χ1n) is 15.3. The van der Waals surface area contributed by atoms with Gasteiger partial charge in [0.1, 0.15) is 17.3 Å². The summed E-state index contributed by atoms with van der Waals surface area (Å²) >= 11 is 0. The molecule has 1 saturated heterocycles. The Balaban J connectivity index is 1.25. The number of carbonyl (C=O) groups is 1. The molecule has 3 fully saturated rings. The van der Waals surface area contributed by atoms with Gasteiger partial charge in [-0.05, 0) is 91.0 Å². The van der Waals surface area contributed by atoms with E-state index in [2.05, 4.69) is 71.9 Å². The molecule has 6 aliphatic rings. The van der Waals surface area contributed by atoms with Gasteiger partial charge in [-0.2, -0.15) is 0 Å². The zero-order valence-electron chi connectivity index (χ0n) is 24.6. The Morgan fingerprint density at radius 1 is 1.00 bits per heavy atom. The molecule has 7 rings (SSSR count). The van der Waals surface area contributed by atoms with Gasteiger partial charge in [0.2, 0.25) is 0 Å². The maximum atomic E-state index is 12.8. The molecule has 0 amide bonds. The van der Waals surface area contributed by atoms with Crippen LogP contribution in [0.1, 0.15) is 90.4 Å². The maximum Gasteiger partial charge on any atom is 0.338 e. The van der Waals surface area contributed by atoms with Crippen LogP contribution in [0.25, 0.3) is 0 Å². The van der Waals surface area contributed by atoms with E-state index in [1.807, 2.05) is 30.3 Å². The molecular weight excluding hydrogens is 484 g/mol. The highest BCUT2D eigenvalue weighted by atomic mass is 17.2. The predicted molar refractivity (Wildman–Crippen MR) is 154 cm³/mol. The average Bonchev–Trinajstić information content (AvgIpc) is 3.30. The Bertz CT molecular complexity index is 1200. The lowest BCUT2D eigenvalue weighted by atomic mass is 9.46. The number of carbonyl (C=O) groups excluding carboxylic acids is 1. The first-order valence-corrected chi connectivity index (χ1v) is 15.3. The molecule has 0 unspecified atom stereocenters. The van der Waals surface area contributed by atoms with Crippen molar-refractivity contribution in [3.05, 3.63) is 71.8 Å². The average molecular weight is 531 g/mol. The molecule has 210 valence electrons. The van der Waals surface area contributed by atoms with Crippen LogP contribution in [0.15, 0.2) is 66.3 Å². The van der Waals surface area contributed by atoms with Gasteiger partial charge >= 0.3 is 5.97 Å². The van der Waals surface area contributed by atoms with E-state index < -0.39 is 11.2 Å². The molecule has 2 heterocycles. The van der Waals surface area contributed by atoms with Gasteiger partial charge in [-0.15, -0.1) is 0 Å². The molecule has 9 atom stereocenters. The van der Waals surface area contributed by atoms with Crippen molar-refractivity contribution < 1.29 is 19.3 Å². The van der Waals surface area contributed by atoms with Gasteiger partial charge in [-0.1, -0.05) is 78.0 Å². The Morgan fingerprint density at radius 2 is 1.77 bits per heavy atom. The molecule has 1 aromatic rings. The van der Waals surface area contributed by atoms with Gasteiger partial charge in [0.25, 0.3) is 0 Å². The fourth-order valence-electron chi connectivity index (χ4n) is 8.89. The Kier molecular flexibility index (Phi) is 6.55. The Morgan fingerprint density at radius 3 is 2.46 bits per heavy atom. The summed E-state index contributed by atoms with van der Waals surface area (Å²) in [6, 6.07) is 9.27. The van der Waals surface area contributed by atoms with Gasteiger partial charge in [-0.3, -0.25) is 0 Å². The van der Waals surface area contributed by atoms with Crippen molar-refractivity contribution in [3.8, 4) is 0 Å². The second-order valence-corrected chi connectivity index (χ2v) is 14.1. The zero-order chi connectivity index (χ0) is 27.6. The third-order valence-electron chi connectivity index (χ3n) is 11.7. The third-order valence-corrected chi connectivity index (χ3v) is 11.7. The summed E-state index contributed by atoms with van der Waals surface area (Å²) in [4.78, 5) is 25.8. The number of benzene rings is 1. The summed E-state index contributed by atoms with van der Waals surface area (Å²) in [5.74, 6) is 2.55. The lowest BCUT2D eigenvalue weighted by molar-refractivity contribution is -0.455. The largest absolute Gasteiger partial charge is 0.459 e. The van der Waals surface area contributed by atoms with E-state index in [0.717, 1.165) is 25.7 Å². The van der Waals surface area contributed by atoms with E-state index in [-0.39, 0.29) is 22.9 Å². The summed E-state index contributed by atoms with van der Waals surface area (Å²) in [5, 5.41) is 0. The number of hydrogen-bond donors (Lipinski definition) is 0. The van der Waals surface area contributed by atoms with E-state index in [0.29, 0.717) is 41.6 Å². The SMILES string of the molecule is CC(C)[C@@H](C)/C=C/[C@@H](C)[C@@H]1CC[C@@H]2[C@]1(C)CC=C1[C@]3(C)CC[C@@H](OC(=O)c4ccccc4)C[C@]34C=C[C@@]12OO4. The van der Waals surface area contributed by atoms with Crippen LogP contribution in [0.5, 0.6) is 0 Å². The summed E-state index contributed by atoms with van der Waals surface area (Å²) in [7, 11) is 0. The number of esters is 1. The smallest absolute Gasteiger partial charge is 0.338 e. The molecule has 4 heteroatoms. The van der Waals surface area contributed by atoms with Gasteiger partial charge < -0.3 is 4.74 Å². The van der Waals surface area contributed by atoms with Crippen LogP contribution in [-0.4, -0.2) is 23.3 Å². The van der Waals surface area contributed by atoms with Crippen LogP contribution in [0.4, 0.5) is 0 Å². The summed E-state index contributed by atoms with van der Waals surface area (Å²) in [5.41, 5.74) is 0.924. The molecule has 4 nitrogen and oxygen atoms in total. The second-order valence-electron chi connectivity index (χ2n) is 14.1. The van der Waals surface area contributed by atoms with Crippen LogP contribution in [0, 0.1) is 40.4 Å². The van der Waals surface area contributed by atoms with Crippen molar-refractivity contribution in [3.63, 3.8) is 0 Å². The molecule has 39 heavy (non-hydrogen) atoms. The second kappa shape index (κ2) is 9.45. The van der Waals surface area contributed by atoms with E-state index in [1.54, 1.807) is 0 Å². The fraction of sp³-hybridized carbons (Fsp3) is 0.629. The first kappa shape index (κ1) is 27.0. The number of hydrogen-bond acceptors (Lipinski definition) is 4. The van der Waals surface area contributed by atoms with E-state index in [1.165, 1.54) is 12.0 Å². The number of ether oxygens (including phenoxy) is 1. The molecule has 2 saturated carbocycles. The lowest BCUT2D eigenvalue weighted by Gasteiger charge is -2.66. The highest BCUT2D eigenvalue weighted by Crippen LogP contribution is 2.71. The molecule has 1 aromatic carbocycles. The standard InChI is InChI=1S/C35H46O4/c1-23(2)24(3)12-13-25(4)28-14-15-29-32(28,5)18-17-30-33(6)19-16-27(37-31(36)26-10-8-7-9-11-26)22-34(33)20-21-35(29,30)39-38-34/h7-13,17,20-21,23-25,27-29H,14-16,18-19,22H2,1-6H3/b13-12+/t24-,25+,27+,28-,29+,32+,33-,34+,35-/m0/s1. The molecule has 0 N–H and O–H groups in total. The minimum absolute atomic E-state index is 0.159. The Hall–Kier alpha value is -2.17. The summed E-state index contributed by atoms with van der Waals surface area (Å²) < 4.78 is 6.00. The van der Waals surface area contributed by atoms with Crippen molar-refractivity contribution in [2.24, 2.45) is 40.4 Å². The molecule has 2 bridgehead atoms. The van der Waals surface area contributed by atoms with Crippen LogP contribution < -0.4 is 0 Å². The summed E-state index contributed by atoms with van der Waals surface area (Å²) in [6.45, 7) is 14.2. The molecular formula is C35H46O4. The van der Waals surface area contributed by atoms with Crippen molar-refractivity contribution in [2.45, 2.75) is 97.4 Å². The maximum absolute atomic E-state index is 12.8. The topological polar surface area (TPSA) is 44.8 Å². The van der Waals surface area contributed by atoms with Crippen molar-refractivity contribution in [1.82, 2.24) is 0 Å². The normalized spacial score (nSPS) is 42.0. The zero-order valence-corrected chi connectivity index (χ0v) is 24.6. The third kappa shape index (κ3) is 3.95. The van der Waals surface area contributed by atoms with Crippen molar-refractivity contribution in [2.75, 3.05) is 0 Å². The number of rotatable bonds is 6. The van der Waals surface area contributed by atoms with Gasteiger partial charge in [-0.25, -0.2) is 14.6 Å². The van der Waals surface area contributed by atoms with Gasteiger partial charge in [0.05, 0.1) is 5.56 Å². The Labute approximate surface area is 234 Å². The van der Waals surface area contributed by atoms with Crippen LogP contribution in [0.2, 0.25) is 0 Å². The van der Waals surface area contributed by atoms with Crippen LogP contribution >= 0.6 is 0 Å². The fourth-order valence-corrected chi connectivity index (χ4v) is 8.89. The van der Waals surface area contributed by atoms with Crippen LogP contribution in [0.3, 0.4) is 0 Å². The van der Waals surface area contributed by atoms with E-state index in [9.17, 15) is 4.79 Å². The van der Waals surface area contributed by atoms with Gasteiger partial charge in [0.15, 0.2) is 0 Å². The minimum Gasteiger partial charge on any atom is -0.459 e. The number of fused-ring (bicyclic) bond motifs is 2. The monoisotopic (exact) mass is 530 g/mol. The molecule has 4 aliphatic carbocycles. The molecule has 2 aliphatic heterocycles. The number of allylic oxidation sites excluding steroid dienone is 3. The van der Waals surface area contributed by atoms with Crippen molar-refractivity contribution in [1.29, 1.82) is 0 Å². The van der Waals surface area contributed by atoms with Crippen LogP contribution in [-0.2, 0) is 14.5 Å². The highest BCUT2D eigenvalue weighted by molar-refractivity contribution is 5.89.